The quantitative estimate of drug-likeness (QED) is 0.215. The van der Waals surface area contributed by atoms with Crippen molar-refractivity contribution in [2.24, 2.45) is 5.92 Å². The summed E-state index contributed by atoms with van der Waals surface area (Å²) in [5.41, 5.74) is 0. The van der Waals surface area contributed by atoms with Crippen molar-refractivity contribution in [3.8, 4) is 0 Å². The molecule has 0 rings (SSSR count). The van der Waals surface area contributed by atoms with E-state index in [1.54, 1.807) is 0 Å². The first-order valence-corrected chi connectivity index (χ1v) is 10.9. The van der Waals surface area contributed by atoms with E-state index in [0.29, 0.717) is 32.6 Å². The second-order valence-electron chi connectivity index (χ2n) is 7.43. The summed E-state index contributed by atoms with van der Waals surface area (Å²) in [4.78, 5) is 47.4. The van der Waals surface area contributed by atoms with Gasteiger partial charge >= 0.3 is 12.1 Å². The lowest BCUT2D eigenvalue weighted by atomic mass is 10.0. The first-order valence-electron chi connectivity index (χ1n) is 10.9. The van der Waals surface area contributed by atoms with Gasteiger partial charge in [-0.1, -0.05) is 40.5 Å². The minimum absolute atomic E-state index is 0.0591. The molecule has 0 fully saturated rings. The van der Waals surface area contributed by atoms with Gasteiger partial charge in [-0.15, -0.1) is 0 Å². The monoisotopic (exact) mass is 428 g/mol. The normalized spacial score (nSPS) is 11.4. The fourth-order valence-electron chi connectivity index (χ4n) is 2.41. The molecule has 0 bridgehead atoms. The van der Waals surface area contributed by atoms with Crippen LogP contribution in [-0.4, -0.2) is 62.6 Å². The number of rotatable bonds is 15. The van der Waals surface area contributed by atoms with E-state index in [9.17, 15) is 19.2 Å². The van der Waals surface area contributed by atoms with Crippen molar-refractivity contribution < 1.29 is 19.2 Å². The Morgan fingerprint density at radius 1 is 0.667 bits per heavy atom. The van der Waals surface area contributed by atoms with Crippen molar-refractivity contribution in [2.45, 2.75) is 65.8 Å². The van der Waals surface area contributed by atoms with Crippen molar-refractivity contribution in [3.05, 3.63) is 0 Å². The van der Waals surface area contributed by atoms with Crippen LogP contribution >= 0.6 is 0 Å². The van der Waals surface area contributed by atoms with E-state index in [2.05, 4.69) is 31.9 Å². The second kappa shape index (κ2) is 17.3. The number of amides is 6. The molecule has 6 amide bonds. The summed E-state index contributed by atoms with van der Waals surface area (Å²) >= 11 is 0. The summed E-state index contributed by atoms with van der Waals surface area (Å²) < 4.78 is 0. The zero-order chi connectivity index (χ0) is 22.8. The Balaban J connectivity index is 3.99. The van der Waals surface area contributed by atoms with Crippen LogP contribution in [0.1, 0.15) is 59.8 Å². The lowest BCUT2D eigenvalue weighted by molar-refractivity contribution is -0.123. The highest BCUT2D eigenvalue weighted by molar-refractivity contribution is 5.87. The van der Waals surface area contributed by atoms with Crippen molar-refractivity contribution in [1.82, 2.24) is 31.9 Å². The topological polar surface area (TPSA) is 140 Å². The molecule has 0 spiro atoms. The Morgan fingerprint density at radius 3 is 1.77 bits per heavy atom. The number of nitrogens with one attached hydrogen (secondary N) is 6. The molecule has 0 aliphatic heterocycles. The van der Waals surface area contributed by atoms with E-state index in [4.69, 9.17) is 0 Å². The van der Waals surface area contributed by atoms with Crippen LogP contribution in [0.2, 0.25) is 0 Å². The third kappa shape index (κ3) is 14.5. The highest BCUT2D eigenvalue weighted by Crippen LogP contribution is 2.01. The number of hydrogen-bond acceptors (Lipinski definition) is 4. The average Bonchev–Trinajstić information content (AvgIpc) is 2.70. The largest absolute Gasteiger partial charge is 0.355 e. The zero-order valence-corrected chi connectivity index (χ0v) is 18.9. The molecule has 0 aromatic rings. The van der Waals surface area contributed by atoms with Gasteiger partial charge in [0, 0.05) is 26.2 Å². The molecule has 0 heterocycles. The molecule has 6 N–H and O–H groups in total. The molecule has 0 aliphatic carbocycles. The molecule has 0 aromatic carbocycles. The lowest BCUT2D eigenvalue weighted by Crippen LogP contribution is -2.52. The van der Waals surface area contributed by atoms with Crippen molar-refractivity contribution in [1.29, 1.82) is 0 Å². The highest BCUT2D eigenvalue weighted by atomic mass is 16.2. The van der Waals surface area contributed by atoms with Crippen LogP contribution in [0.4, 0.5) is 9.59 Å². The molecule has 0 unspecified atom stereocenters. The number of hydrogen-bond donors (Lipinski definition) is 6. The van der Waals surface area contributed by atoms with Gasteiger partial charge < -0.3 is 31.9 Å². The predicted octanol–water partition coefficient (Wildman–Crippen LogP) is 0.832. The van der Waals surface area contributed by atoms with Crippen LogP contribution < -0.4 is 31.9 Å². The molecular formula is C20H40N6O4. The van der Waals surface area contributed by atoms with Gasteiger partial charge in [0.25, 0.3) is 0 Å². The second-order valence-corrected chi connectivity index (χ2v) is 7.43. The molecule has 10 heteroatoms. The Labute approximate surface area is 180 Å². The van der Waals surface area contributed by atoms with Gasteiger partial charge in [0.2, 0.25) is 11.8 Å². The molecule has 1 atom stereocenters. The first-order chi connectivity index (χ1) is 14.3. The maximum atomic E-state index is 12.3. The lowest BCUT2D eigenvalue weighted by Gasteiger charge is -2.22. The first kappa shape index (κ1) is 27.5. The van der Waals surface area contributed by atoms with Crippen LogP contribution in [-0.2, 0) is 9.59 Å². The van der Waals surface area contributed by atoms with E-state index in [1.807, 2.05) is 27.7 Å². The van der Waals surface area contributed by atoms with E-state index < -0.39 is 6.04 Å². The van der Waals surface area contributed by atoms with Gasteiger partial charge in [0.15, 0.2) is 0 Å². The van der Waals surface area contributed by atoms with E-state index >= 15 is 0 Å². The van der Waals surface area contributed by atoms with E-state index in [-0.39, 0.29) is 36.3 Å². The molecule has 174 valence electrons. The minimum atomic E-state index is -0.628. The summed E-state index contributed by atoms with van der Waals surface area (Å²) in [5, 5.41) is 16.0. The van der Waals surface area contributed by atoms with Gasteiger partial charge in [-0.3, -0.25) is 9.59 Å². The molecule has 0 saturated carbocycles. The van der Waals surface area contributed by atoms with Gasteiger partial charge in [-0.2, -0.15) is 0 Å². The molecule has 0 saturated heterocycles. The van der Waals surface area contributed by atoms with Crippen LogP contribution in [0.5, 0.6) is 0 Å². The van der Waals surface area contributed by atoms with Crippen LogP contribution in [0.15, 0.2) is 0 Å². The summed E-state index contributed by atoms with van der Waals surface area (Å²) in [6.07, 6.45) is 4.27. The third-order valence-corrected chi connectivity index (χ3v) is 4.25. The van der Waals surface area contributed by atoms with Crippen LogP contribution in [0.3, 0.4) is 0 Å². The molecule has 30 heavy (non-hydrogen) atoms. The van der Waals surface area contributed by atoms with E-state index in [0.717, 1.165) is 25.7 Å². The Kier molecular flexibility index (Phi) is 15.9. The number of carbonyl (C=O) groups excluding carboxylic acids is 4. The minimum Gasteiger partial charge on any atom is -0.355 e. The summed E-state index contributed by atoms with van der Waals surface area (Å²) in [6.45, 7) is 9.58. The number of unbranched alkanes of at least 4 members (excludes halogenated alkanes) is 2. The molecule has 10 nitrogen and oxygen atoms in total. The number of carbonyl (C=O) groups is 4. The zero-order valence-electron chi connectivity index (χ0n) is 18.9. The summed E-state index contributed by atoms with van der Waals surface area (Å²) in [5.74, 6) is -0.610. The standard InChI is InChI=1S/C20H40N6O4/c1-5-7-10-23-19(29)25-14-16(27)21-12-9-13-22-18(28)17(15(3)4)26-20(30)24-11-8-6-2/h15,17H,5-14H2,1-4H3,(H,21,27)(H,22,28)(H2,23,25,29)(H2,24,26,30)/t17-/m0/s1. The van der Waals surface area contributed by atoms with E-state index in [1.165, 1.54) is 0 Å². The molecule has 0 aromatic heterocycles. The molecule has 0 aliphatic rings. The van der Waals surface area contributed by atoms with Crippen molar-refractivity contribution in [3.63, 3.8) is 0 Å². The SMILES string of the molecule is CCCCNC(=O)NCC(=O)NCCCNC(=O)[C@@H](NC(=O)NCCCC)C(C)C. The fraction of sp³-hybridized carbons (Fsp3) is 0.800. The average molecular weight is 429 g/mol. The van der Waals surface area contributed by atoms with Crippen LogP contribution in [0, 0.1) is 5.92 Å². The molecular weight excluding hydrogens is 388 g/mol. The van der Waals surface area contributed by atoms with Crippen molar-refractivity contribution >= 4 is 23.9 Å². The van der Waals surface area contributed by atoms with Gasteiger partial charge in [0.1, 0.15) is 6.04 Å². The van der Waals surface area contributed by atoms with Gasteiger partial charge in [-0.25, -0.2) is 9.59 Å². The summed E-state index contributed by atoms with van der Waals surface area (Å²) in [6, 6.07) is -1.34. The highest BCUT2D eigenvalue weighted by Gasteiger charge is 2.23. The van der Waals surface area contributed by atoms with Crippen molar-refractivity contribution in [2.75, 3.05) is 32.7 Å². The maximum absolute atomic E-state index is 12.3. The Bertz CT molecular complexity index is 527. The third-order valence-electron chi connectivity index (χ3n) is 4.25. The molecule has 0 radical (unpaired) electrons. The maximum Gasteiger partial charge on any atom is 0.315 e. The predicted molar refractivity (Wildman–Crippen MR) is 117 cm³/mol. The smallest absolute Gasteiger partial charge is 0.315 e. The Hall–Kier alpha value is -2.52. The fourth-order valence-corrected chi connectivity index (χ4v) is 2.41. The van der Waals surface area contributed by atoms with Gasteiger partial charge in [0.05, 0.1) is 6.54 Å². The van der Waals surface area contributed by atoms with Gasteiger partial charge in [-0.05, 0) is 25.2 Å². The summed E-state index contributed by atoms with van der Waals surface area (Å²) in [7, 11) is 0. The Morgan fingerprint density at radius 2 is 1.20 bits per heavy atom. The van der Waals surface area contributed by atoms with Crippen LogP contribution in [0.25, 0.3) is 0 Å². The number of urea groups is 2.